The van der Waals surface area contributed by atoms with E-state index in [1.165, 1.54) is 0 Å². The number of nitrogens with one attached hydrogen (secondary N) is 1. The molecule has 0 aliphatic carbocycles. The highest BCUT2D eigenvalue weighted by Gasteiger charge is 2.32. The third-order valence-corrected chi connectivity index (χ3v) is 4.07. The van der Waals surface area contributed by atoms with Crippen molar-refractivity contribution >= 4 is 23.2 Å². The average Bonchev–Trinajstić information content (AvgIpc) is 2.91. The van der Waals surface area contributed by atoms with Crippen LogP contribution >= 0.6 is 0 Å². The largest absolute Gasteiger partial charge is 0.399 e. The number of benzene rings is 1. The lowest BCUT2D eigenvalue weighted by molar-refractivity contribution is -0.123. The van der Waals surface area contributed by atoms with Crippen LogP contribution in [-0.2, 0) is 9.59 Å². The lowest BCUT2D eigenvalue weighted by Gasteiger charge is -2.23. The highest BCUT2D eigenvalue weighted by atomic mass is 16.2. The van der Waals surface area contributed by atoms with Gasteiger partial charge in [0, 0.05) is 17.9 Å². The number of nitrogen functional groups attached to an aromatic ring is 1. The predicted octanol–water partition coefficient (Wildman–Crippen LogP) is 0.711. The Kier molecular flexibility index (Phi) is 4.47. The Hall–Kier alpha value is -2.08. The number of primary amides is 1. The first-order chi connectivity index (χ1) is 9.88. The summed E-state index contributed by atoms with van der Waals surface area (Å²) in [6, 6.07) is 5.10. The third-order valence-electron chi connectivity index (χ3n) is 4.07. The van der Waals surface area contributed by atoms with Crippen molar-refractivity contribution in [2.75, 3.05) is 24.1 Å². The van der Waals surface area contributed by atoms with E-state index in [0.29, 0.717) is 25.2 Å². The first-order valence-corrected chi connectivity index (χ1v) is 7.09. The Balaban J connectivity index is 2.00. The SMILES string of the molecule is Cc1ccc(N)cc1NC(=O)C(C)N1CCC(C(N)=O)C1. The van der Waals surface area contributed by atoms with Gasteiger partial charge in [0.2, 0.25) is 11.8 Å². The summed E-state index contributed by atoms with van der Waals surface area (Å²) in [5.41, 5.74) is 13.3. The van der Waals surface area contributed by atoms with Crippen LogP contribution in [-0.4, -0.2) is 35.8 Å². The number of hydrogen-bond donors (Lipinski definition) is 3. The molecular formula is C15H22N4O2. The fourth-order valence-electron chi connectivity index (χ4n) is 2.55. The third kappa shape index (κ3) is 3.52. The molecule has 0 saturated carbocycles. The molecule has 1 aromatic carbocycles. The highest BCUT2D eigenvalue weighted by molar-refractivity contribution is 5.95. The van der Waals surface area contributed by atoms with Gasteiger partial charge in [-0.05, 0) is 44.5 Å². The predicted molar refractivity (Wildman–Crippen MR) is 82.6 cm³/mol. The van der Waals surface area contributed by atoms with Gasteiger partial charge in [-0.3, -0.25) is 14.5 Å². The molecule has 1 aliphatic heterocycles. The molecule has 2 amide bonds. The molecule has 1 heterocycles. The van der Waals surface area contributed by atoms with Gasteiger partial charge in [0.25, 0.3) is 0 Å². The average molecular weight is 290 g/mol. The molecule has 114 valence electrons. The van der Waals surface area contributed by atoms with Crippen LogP contribution in [0.2, 0.25) is 0 Å². The summed E-state index contributed by atoms with van der Waals surface area (Å²) in [5, 5.41) is 2.89. The normalized spacial score (nSPS) is 20.2. The molecule has 0 radical (unpaired) electrons. The van der Waals surface area contributed by atoms with Crippen LogP contribution < -0.4 is 16.8 Å². The number of amides is 2. The molecule has 6 nitrogen and oxygen atoms in total. The molecule has 0 spiro atoms. The van der Waals surface area contributed by atoms with Crippen molar-refractivity contribution in [1.82, 2.24) is 4.90 Å². The standard InChI is InChI=1S/C15H22N4O2/c1-9-3-4-12(16)7-13(9)18-15(21)10(2)19-6-5-11(8-19)14(17)20/h3-4,7,10-11H,5-6,8,16H2,1-2H3,(H2,17,20)(H,18,21). The Morgan fingerprint density at radius 3 is 2.76 bits per heavy atom. The number of nitrogens with two attached hydrogens (primary N) is 2. The van der Waals surface area contributed by atoms with Gasteiger partial charge in [-0.1, -0.05) is 6.07 Å². The number of hydrogen-bond acceptors (Lipinski definition) is 4. The van der Waals surface area contributed by atoms with Gasteiger partial charge in [-0.25, -0.2) is 0 Å². The van der Waals surface area contributed by atoms with Crippen LogP contribution in [0.15, 0.2) is 18.2 Å². The van der Waals surface area contributed by atoms with E-state index in [0.717, 1.165) is 11.3 Å². The number of nitrogens with zero attached hydrogens (tertiary/aromatic N) is 1. The smallest absolute Gasteiger partial charge is 0.241 e. The van der Waals surface area contributed by atoms with E-state index >= 15 is 0 Å². The Bertz CT molecular complexity index is 559. The van der Waals surface area contributed by atoms with E-state index in [2.05, 4.69) is 5.32 Å². The van der Waals surface area contributed by atoms with Crippen LogP contribution in [0, 0.1) is 12.8 Å². The molecule has 1 aromatic rings. The first kappa shape index (κ1) is 15.3. The number of carbonyl (C=O) groups excluding carboxylic acids is 2. The second kappa shape index (κ2) is 6.13. The van der Waals surface area contributed by atoms with Crippen LogP contribution in [0.25, 0.3) is 0 Å². The number of carbonyl (C=O) groups is 2. The summed E-state index contributed by atoms with van der Waals surface area (Å²) in [4.78, 5) is 25.5. The molecule has 21 heavy (non-hydrogen) atoms. The molecule has 5 N–H and O–H groups in total. The van der Waals surface area contributed by atoms with Gasteiger partial charge in [-0.2, -0.15) is 0 Å². The van der Waals surface area contributed by atoms with Crippen LogP contribution in [0.3, 0.4) is 0 Å². The van der Waals surface area contributed by atoms with E-state index in [1.54, 1.807) is 12.1 Å². The second-order valence-electron chi connectivity index (χ2n) is 5.62. The van der Waals surface area contributed by atoms with Crippen LogP contribution in [0.5, 0.6) is 0 Å². The summed E-state index contributed by atoms with van der Waals surface area (Å²) in [6.45, 7) is 5.00. The van der Waals surface area contributed by atoms with Gasteiger partial charge in [0.15, 0.2) is 0 Å². The highest BCUT2D eigenvalue weighted by Crippen LogP contribution is 2.21. The number of likely N-dealkylation sites (tertiary alicyclic amines) is 1. The summed E-state index contributed by atoms with van der Waals surface area (Å²) >= 11 is 0. The fraction of sp³-hybridized carbons (Fsp3) is 0.467. The van der Waals surface area contributed by atoms with Gasteiger partial charge in [0.05, 0.1) is 12.0 Å². The van der Waals surface area contributed by atoms with Crippen molar-refractivity contribution < 1.29 is 9.59 Å². The molecule has 0 bridgehead atoms. The molecule has 2 unspecified atom stereocenters. The minimum atomic E-state index is -0.310. The zero-order chi connectivity index (χ0) is 15.6. The van der Waals surface area contributed by atoms with E-state index in [1.807, 2.05) is 24.8 Å². The number of anilines is 2. The lowest BCUT2D eigenvalue weighted by Crippen LogP contribution is -2.41. The van der Waals surface area contributed by atoms with Gasteiger partial charge < -0.3 is 16.8 Å². The number of aryl methyl sites for hydroxylation is 1. The van der Waals surface area contributed by atoms with Crippen molar-refractivity contribution in [1.29, 1.82) is 0 Å². The maximum absolute atomic E-state index is 12.3. The van der Waals surface area contributed by atoms with E-state index in [-0.39, 0.29) is 23.8 Å². The zero-order valence-corrected chi connectivity index (χ0v) is 12.4. The van der Waals surface area contributed by atoms with Crippen molar-refractivity contribution in [3.63, 3.8) is 0 Å². The maximum atomic E-state index is 12.3. The summed E-state index contributed by atoms with van der Waals surface area (Å²) < 4.78 is 0. The monoisotopic (exact) mass is 290 g/mol. The number of rotatable bonds is 4. The van der Waals surface area contributed by atoms with Crippen molar-refractivity contribution in [3.8, 4) is 0 Å². The minimum absolute atomic E-state index is 0.103. The summed E-state index contributed by atoms with van der Waals surface area (Å²) in [6.07, 6.45) is 0.713. The molecule has 1 aliphatic rings. The van der Waals surface area contributed by atoms with Crippen molar-refractivity contribution in [2.45, 2.75) is 26.3 Å². The Morgan fingerprint density at radius 1 is 1.43 bits per heavy atom. The van der Waals surface area contributed by atoms with E-state index in [4.69, 9.17) is 11.5 Å². The van der Waals surface area contributed by atoms with Crippen LogP contribution in [0.4, 0.5) is 11.4 Å². The molecule has 0 aromatic heterocycles. The summed E-state index contributed by atoms with van der Waals surface area (Å²) in [5.74, 6) is -0.556. The zero-order valence-electron chi connectivity index (χ0n) is 12.4. The molecule has 1 saturated heterocycles. The van der Waals surface area contributed by atoms with Gasteiger partial charge in [0.1, 0.15) is 0 Å². The molecule has 2 atom stereocenters. The Morgan fingerprint density at radius 2 is 2.14 bits per heavy atom. The van der Waals surface area contributed by atoms with E-state index in [9.17, 15) is 9.59 Å². The molecule has 2 rings (SSSR count). The molecule has 6 heteroatoms. The first-order valence-electron chi connectivity index (χ1n) is 7.09. The van der Waals surface area contributed by atoms with Crippen molar-refractivity contribution in [3.05, 3.63) is 23.8 Å². The summed E-state index contributed by atoms with van der Waals surface area (Å²) in [7, 11) is 0. The maximum Gasteiger partial charge on any atom is 0.241 e. The molecule has 1 fully saturated rings. The Labute approximate surface area is 124 Å². The lowest BCUT2D eigenvalue weighted by atomic mass is 10.1. The van der Waals surface area contributed by atoms with Gasteiger partial charge in [-0.15, -0.1) is 0 Å². The molecular weight excluding hydrogens is 268 g/mol. The van der Waals surface area contributed by atoms with Crippen LogP contribution in [0.1, 0.15) is 18.9 Å². The minimum Gasteiger partial charge on any atom is -0.399 e. The second-order valence-corrected chi connectivity index (χ2v) is 5.62. The fourth-order valence-corrected chi connectivity index (χ4v) is 2.55. The van der Waals surface area contributed by atoms with E-state index < -0.39 is 0 Å². The van der Waals surface area contributed by atoms with Gasteiger partial charge >= 0.3 is 0 Å². The quantitative estimate of drug-likeness (QED) is 0.711. The topological polar surface area (TPSA) is 101 Å². The van der Waals surface area contributed by atoms with Crippen molar-refractivity contribution in [2.24, 2.45) is 11.7 Å².